The van der Waals surface area contributed by atoms with Crippen LogP contribution < -0.4 is 5.73 Å². The molecule has 1 atom stereocenters. The molecule has 2 N–H and O–H groups in total. The van der Waals surface area contributed by atoms with Gasteiger partial charge in [-0.2, -0.15) is 0 Å². The quantitative estimate of drug-likeness (QED) is 0.764. The summed E-state index contributed by atoms with van der Waals surface area (Å²) in [5.41, 5.74) is 10.8. The van der Waals surface area contributed by atoms with Crippen molar-refractivity contribution in [3.8, 4) is 0 Å². The molecule has 0 aliphatic heterocycles. The molecule has 0 heterocycles. The first kappa shape index (κ1) is 11.7. The van der Waals surface area contributed by atoms with Crippen LogP contribution in [0.15, 0.2) is 18.2 Å². The van der Waals surface area contributed by atoms with Crippen LogP contribution in [0.5, 0.6) is 0 Å². The molecular formula is C15H23N. The highest BCUT2D eigenvalue weighted by Gasteiger charge is 2.18. The smallest absolute Gasteiger partial charge is 0.0297 e. The van der Waals surface area contributed by atoms with Gasteiger partial charge in [0, 0.05) is 6.04 Å². The van der Waals surface area contributed by atoms with Crippen molar-refractivity contribution in [3.05, 3.63) is 34.9 Å². The average Bonchev–Trinajstić information content (AvgIpc) is 2.17. The van der Waals surface area contributed by atoms with E-state index < -0.39 is 0 Å². The van der Waals surface area contributed by atoms with Crippen molar-refractivity contribution in [1.29, 1.82) is 0 Å². The van der Waals surface area contributed by atoms with Gasteiger partial charge in [0.05, 0.1) is 0 Å². The van der Waals surface area contributed by atoms with E-state index in [2.05, 4.69) is 39.0 Å². The molecule has 16 heavy (non-hydrogen) atoms. The third-order valence-corrected chi connectivity index (χ3v) is 3.31. The molecule has 0 amide bonds. The summed E-state index contributed by atoms with van der Waals surface area (Å²) in [6, 6.07) is 7.17. The fourth-order valence-corrected chi connectivity index (χ4v) is 2.61. The number of hydrogen-bond acceptors (Lipinski definition) is 1. The number of fused-ring (bicyclic) bond motifs is 1. The molecule has 0 radical (unpaired) electrons. The van der Waals surface area contributed by atoms with Crippen molar-refractivity contribution in [2.45, 2.75) is 52.5 Å². The molecule has 0 aromatic heterocycles. The number of hydrogen-bond donors (Lipinski definition) is 1. The van der Waals surface area contributed by atoms with Crippen LogP contribution in [0.2, 0.25) is 0 Å². The second kappa shape index (κ2) is 4.21. The van der Waals surface area contributed by atoms with Crippen LogP contribution >= 0.6 is 0 Å². The lowest BCUT2D eigenvalue weighted by molar-refractivity contribution is 0.410. The molecule has 1 nitrogen and oxygen atoms in total. The Morgan fingerprint density at radius 3 is 2.75 bits per heavy atom. The van der Waals surface area contributed by atoms with Gasteiger partial charge < -0.3 is 5.73 Å². The topological polar surface area (TPSA) is 26.0 Å². The molecule has 0 spiro atoms. The molecule has 0 saturated heterocycles. The number of aryl methyl sites for hydroxylation is 1. The Kier molecular flexibility index (Phi) is 3.07. The van der Waals surface area contributed by atoms with E-state index in [4.69, 9.17) is 5.73 Å². The highest BCUT2D eigenvalue weighted by atomic mass is 14.6. The molecule has 0 bridgehead atoms. The van der Waals surface area contributed by atoms with E-state index in [9.17, 15) is 0 Å². The summed E-state index contributed by atoms with van der Waals surface area (Å²) in [7, 11) is 0. The lowest BCUT2D eigenvalue weighted by atomic mass is 9.83. The zero-order valence-electron chi connectivity index (χ0n) is 10.7. The summed E-state index contributed by atoms with van der Waals surface area (Å²) in [5.74, 6) is 0. The van der Waals surface area contributed by atoms with Gasteiger partial charge in [-0.15, -0.1) is 0 Å². The van der Waals surface area contributed by atoms with E-state index in [0.29, 0.717) is 5.41 Å². The van der Waals surface area contributed by atoms with Gasteiger partial charge in [-0.05, 0) is 47.8 Å². The zero-order valence-corrected chi connectivity index (χ0v) is 10.7. The first-order valence-corrected chi connectivity index (χ1v) is 6.33. The molecular weight excluding hydrogens is 194 g/mol. The van der Waals surface area contributed by atoms with Crippen LogP contribution in [0.3, 0.4) is 0 Å². The number of nitrogens with two attached hydrogens (primary N) is 1. The molecule has 1 heteroatoms. The minimum Gasteiger partial charge on any atom is -0.324 e. The highest BCUT2D eigenvalue weighted by Crippen LogP contribution is 2.30. The summed E-state index contributed by atoms with van der Waals surface area (Å²) in [5, 5.41) is 0. The molecule has 0 saturated carbocycles. The van der Waals surface area contributed by atoms with Gasteiger partial charge in [0.1, 0.15) is 0 Å². The van der Waals surface area contributed by atoms with Crippen molar-refractivity contribution >= 4 is 0 Å². The van der Waals surface area contributed by atoms with Crippen LogP contribution in [-0.4, -0.2) is 0 Å². The van der Waals surface area contributed by atoms with E-state index in [-0.39, 0.29) is 6.04 Å². The zero-order chi connectivity index (χ0) is 11.8. The summed E-state index contributed by atoms with van der Waals surface area (Å²) < 4.78 is 0. The summed E-state index contributed by atoms with van der Waals surface area (Å²) in [6.07, 6.45) is 4.73. The van der Waals surface area contributed by atoms with Gasteiger partial charge >= 0.3 is 0 Å². The van der Waals surface area contributed by atoms with Crippen LogP contribution in [0.25, 0.3) is 0 Å². The van der Waals surface area contributed by atoms with Gasteiger partial charge in [-0.3, -0.25) is 0 Å². The van der Waals surface area contributed by atoms with Gasteiger partial charge in [0.2, 0.25) is 0 Å². The maximum Gasteiger partial charge on any atom is 0.0297 e. The monoisotopic (exact) mass is 217 g/mol. The van der Waals surface area contributed by atoms with Crippen molar-refractivity contribution in [3.63, 3.8) is 0 Å². The minimum atomic E-state index is 0.267. The predicted octanol–water partition coefficient (Wildman–Crippen LogP) is 3.61. The predicted molar refractivity (Wildman–Crippen MR) is 69.5 cm³/mol. The summed E-state index contributed by atoms with van der Waals surface area (Å²) in [6.45, 7) is 6.85. The average molecular weight is 217 g/mol. The molecule has 0 fully saturated rings. The first-order chi connectivity index (χ1) is 7.46. The van der Waals surface area contributed by atoms with Gasteiger partial charge in [0.15, 0.2) is 0 Å². The van der Waals surface area contributed by atoms with Crippen molar-refractivity contribution < 1.29 is 0 Å². The van der Waals surface area contributed by atoms with Crippen molar-refractivity contribution in [2.24, 2.45) is 11.1 Å². The molecule has 1 aromatic rings. The standard InChI is InChI=1S/C15H23N/c1-15(2,3)10-11-7-8-12-5-4-6-14(16)13(12)9-11/h7-9,14H,4-6,10,16H2,1-3H3. The molecule has 1 unspecified atom stereocenters. The second-order valence-corrected chi connectivity index (χ2v) is 6.27. The van der Waals surface area contributed by atoms with Crippen molar-refractivity contribution in [1.82, 2.24) is 0 Å². The normalized spacial score (nSPS) is 20.6. The Labute approximate surface area is 99.0 Å². The summed E-state index contributed by atoms with van der Waals surface area (Å²) in [4.78, 5) is 0. The van der Waals surface area contributed by atoms with E-state index in [0.717, 1.165) is 12.8 Å². The fraction of sp³-hybridized carbons (Fsp3) is 0.600. The Hall–Kier alpha value is -0.820. The maximum atomic E-state index is 6.18. The maximum absolute atomic E-state index is 6.18. The Morgan fingerprint density at radius 1 is 1.31 bits per heavy atom. The molecule has 88 valence electrons. The van der Waals surface area contributed by atoms with E-state index >= 15 is 0 Å². The lowest BCUT2D eigenvalue weighted by Gasteiger charge is -2.24. The SMILES string of the molecule is CC(C)(C)Cc1ccc2c(c1)C(N)CCC2. The first-order valence-electron chi connectivity index (χ1n) is 6.33. The molecule has 1 aromatic carbocycles. The highest BCUT2D eigenvalue weighted by molar-refractivity contribution is 5.36. The van der Waals surface area contributed by atoms with Gasteiger partial charge in [0.25, 0.3) is 0 Å². The second-order valence-electron chi connectivity index (χ2n) is 6.27. The van der Waals surface area contributed by atoms with E-state index in [1.807, 2.05) is 0 Å². The third kappa shape index (κ3) is 2.65. The molecule has 1 aliphatic carbocycles. The van der Waals surface area contributed by atoms with Crippen LogP contribution in [-0.2, 0) is 12.8 Å². The Balaban J connectivity index is 2.27. The largest absolute Gasteiger partial charge is 0.324 e. The van der Waals surface area contributed by atoms with Crippen LogP contribution in [0.4, 0.5) is 0 Å². The summed E-state index contributed by atoms with van der Waals surface area (Å²) >= 11 is 0. The molecule has 2 rings (SSSR count). The van der Waals surface area contributed by atoms with E-state index in [1.54, 1.807) is 0 Å². The Bertz CT molecular complexity index is 374. The van der Waals surface area contributed by atoms with Crippen LogP contribution in [0, 0.1) is 5.41 Å². The van der Waals surface area contributed by atoms with Crippen molar-refractivity contribution in [2.75, 3.05) is 0 Å². The Morgan fingerprint density at radius 2 is 2.06 bits per heavy atom. The minimum absolute atomic E-state index is 0.267. The van der Waals surface area contributed by atoms with E-state index in [1.165, 1.54) is 29.5 Å². The van der Waals surface area contributed by atoms with Crippen LogP contribution in [0.1, 0.15) is 56.3 Å². The number of benzene rings is 1. The fourth-order valence-electron chi connectivity index (χ4n) is 2.61. The van der Waals surface area contributed by atoms with Gasteiger partial charge in [-0.1, -0.05) is 39.0 Å². The molecule has 1 aliphatic rings. The lowest BCUT2D eigenvalue weighted by Crippen LogP contribution is -2.18. The third-order valence-electron chi connectivity index (χ3n) is 3.31. The van der Waals surface area contributed by atoms with Gasteiger partial charge in [-0.25, -0.2) is 0 Å². The number of rotatable bonds is 1.